The first-order valence-electron chi connectivity index (χ1n) is 11.9. The number of sulfonamides is 1. The lowest BCUT2D eigenvalue weighted by atomic mass is 10.1. The number of carbonyl (C=O) groups excluding carboxylic acids is 2. The Kier molecular flexibility index (Phi) is 10.4. The van der Waals surface area contributed by atoms with Gasteiger partial charge in [0.05, 0.1) is 10.6 Å². The topological polar surface area (TPSA) is 86.8 Å². The van der Waals surface area contributed by atoms with Crippen LogP contribution in [0.1, 0.15) is 25.8 Å². The highest BCUT2D eigenvalue weighted by Crippen LogP contribution is 2.28. The molecule has 7 nitrogen and oxygen atoms in total. The molecule has 0 aliphatic rings. The first-order valence-corrected chi connectivity index (χ1v) is 14.5. The predicted octanol–water partition coefficient (Wildman–Crippen LogP) is 5.79. The van der Waals surface area contributed by atoms with Gasteiger partial charge in [-0.05, 0) is 61.9 Å². The van der Waals surface area contributed by atoms with Crippen molar-refractivity contribution in [2.24, 2.45) is 0 Å². The molecule has 3 aromatic rings. The molecule has 3 rings (SSSR count). The second-order valence-electron chi connectivity index (χ2n) is 8.49. The molecule has 0 saturated carbocycles. The molecule has 1 N–H and O–H groups in total. The fourth-order valence-corrected chi connectivity index (χ4v) is 5.75. The number of para-hydroxylation sites is 1. The van der Waals surface area contributed by atoms with E-state index in [0.717, 1.165) is 4.31 Å². The van der Waals surface area contributed by atoms with Gasteiger partial charge in [0.1, 0.15) is 12.6 Å². The zero-order valence-electron chi connectivity index (χ0n) is 20.9. The van der Waals surface area contributed by atoms with E-state index >= 15 is 0 Å². The van der Waals surface area contributed by atoms with E-state index in [1.54, 1.807) is 55.5 Å². The van der Waals surface area contributed by atoms with Crippen molar-refractivity contribution in [3.05, 3.63) is 93.4 Å². The zero-order valence-corrected chi connectivity index (χ0v) is 24.0. The summed E-state index contributed by atoms with van der Waals surface area (Å²) in [6.07, 6.45) is 0.712. The summed E-state index contributed by atoms with van der Waals surface area (Å²) >= 11 is 18.7. The van der Waals surface area contributed by atoms with Crippen LogP contribution in [0.25, 0.3) is 0 Å². The van der Waals surface area contributed by atoms with Crippen LogP contribution in [0, 0.1) is 0 Å². The molecule has 11 heteroatoms. The third-order valence-electron chi connectivity index (χ3n) is 5.83. The summed E-state index contributed by atoms with van der Waals surface area (Å²) in [6.45, 7) is 3.26. The van der Waals surface area contributed by atoms with Crippen LogP contribution in [0.4, 0.5) is 5.69 Å². The smallest absolute Gasteiger partial charge is 0.264 e. The summed E-state index contributed by atoms with van der Waals surface area (Å²) in [4.78, 5) is 28.0. The number of hydrogen-bond donors (Lipinski definition) is 1. The summed E-state index contributed by atoms with van der Waals surface area (Å²) in [5.41, 5.74) is 0.737. The molecule has 202 valence electrons. The van der Waals surface area contributed by atoms with E-state index in [4.69, 9.17) is 34.8 Å². The fourth-order valence-electron chi connectivity index (χ4n) is 3.69. The molecule has 3 aromatic carbocycles. The van der Waals surface area contributed by atoms with Crippen LogP contribution in [-0.4, -0.2) is 44.3 Å². The maximum Gasteiger partial charge on any atom is 0.264 e. The highest BCUT2D eigenvalue weighted by Gasteiger charge is 2.33. The van der Waals surface area contributed by atoms with Crippen molar-refractivity contribution in [1.29, 1.82) is 0 Å². The molecule has 2 amide bonds. The van der Waals surface area contributed by atoms with Gasteiger partial charge in [-0.2, -0.15) is 0 Å². The van der Waals surface area contributed by atoms with Gasteiger partial charge in [-0.25, -0.2) is 8.42 Å². The monoisotopic (exact) mass is 595 g/mol. The van der Waals surface area contributed by atoms with E-state index in [2.05, 4.69) is 5.32 Å². The largest absolute Gasteiger partial charge is 0.354 e. The molecule has 38 heavy (non-hydrogen) atoms. The van der Waals surface area contributed by atoms with Gasteiger partial charge in [0.25, 0.3) is 10.0 Å². The minimum Gasteiger partial charge on any atom is -0.354 e. The number of anilines is 1. The summed E-state index contributed by atoms with van der Waals surface area (Å²) in [6, 6.07) is 18.0. The van der Waals surface area contributed by atoms with E-state index in [1.165, 1.54) is 29.2 Å². The minimum atomic E-state index is -4.17. The van der Waals surface area contributed by atoms with Crippen molar-refractivity contribution in [2.45, 2.75) is 37.8 Å². The Bertz CT molecular complexity index is 1350. The normalized spacial score (nSPS) is 12.0. The Morgan fingerprint density at radius 1 is 0.895 bits per heavy atom. The number of halogens is 3. The maximum atomic E-state index is 13.8. The molecule has 0 radical (unpaired) electrons. The van der Waals surface area contributed by atoms with Crippen molar-refractivity contribution in [2.75, 3.05) is 17.4 Å². The summed E-state index contributed by atoms with van der Waals surface area (Å²) < 4.78 is 28.4. The first-order chi connectivity index (χ1) is 18.1. The summed E-state index contributed by atoms with van der Waals surface area (Å²) in [5.74, 6) is -0.989. The Balaban J connectivity index is 2.03. The molecule has 0 aliphatic carbocycles. The van der Waals surface area contributed by atoms with Crippen LogP contribution in [0.15, 0.2) is 77.7 Å². The zero-order chi connectivity index (χ0) is 27.9. The van der Waals surface area contributed by atoms with Gasteiger partial charge in [-0.1, -0.05) is 66.0 Å². The molecular formula is C27H28Cl3N3O4S. The molecule has 0 saturated heterocycles. The average Bonchev–Trinajstić information content (AvgIpc) is 2.90. The second kappa shape index (κ2) is 13.3. The Morgan fingerprint density at radius 3 is 2.08 bits per heavy atom. The predicted molar refractivity (Wildman–Crippen MR) is 152 cm³/mol. The third-order valence-corrected chi connectivity index (χ3v) is 8.58. The lowest BCUT2D eigenvalue weighted by molar-refractivity contribution is -0.139. The van der Waals surface area contributed by atoms with Gasteiger partial charge in [-0.3, -0.25) is 13.9 Å². The lowest BCUT2D eigenvalue weighted by Gasteiger charge is -2.32. The van der Waals surface area contributed by atoms with Gasteiger partial charge < -0.3 is 10.2 Å². The van der Waals surface area contributed by atoms with Gasteiger partial charge in [0.2, 0.25) is 11.8 Å². The van der Waals surface area contributed by atoms with E-state index in [0.29, 0.717) is 33.6 Å². The number of amides is 2. The molecule has 0 unspecified atom stereocenters. The Hall–Kier alpha value is -2.78. The maximum absolute atomic E-state index is 13.8. The van der Waals surface area contributed by atoms with Crippen LogP contribution in [-0.2, 0) is 26.2 Å². The van der Waals surface area contributed by atoms with E-state index < -0.39 is 28.5 Å². The highest BCUT2D eigenvalue weighted by molar-refractivity contribution is 7.92. The quantitative estimate of drug-likeness (QED) is 0.304. The molecule has 0 aromatic heterocycles. The fraction of sp³-hybridized carbons (Fsp3) is 0.259. The molecular weight excluding hydrogens is 569 g/mol. The van der Waals surface area contributed by atoms with Gasteiger partial charge in [0, 0.05) is 33.7 Å². The number of nitrogens with one attached hydrogen (secondary N) is 1. The van der Waals surface area contributed by atoms with E-state index in [1.807, 2.05) is 6.92 Å². The number of benzene rings is 3. The SMILES string of the molecule is CCCNC(=O)[C@@H](C)N(Cc1c(Cl)cccc1Cl)C(=O)CN(c1ccccc1)S(=O)(=O)c1ccc(Cl)cc1. The van der Waals surface area contributed by atoms with E-state index in [9.17, 15) is 18.0 Å². The van der Waals surface area contributed by atoms with Crippen molar-refractivity contribution in [1.82, 2.24) is 10.2 Å². The minimum absolute atomic E-state index is 0.0343. The van der Waals surface area contributed by atoms with Gasteiger partial charge in [-0.15, -0.1) is 0 Å². The number of rotatable bonds is 11. The van der Waals surface area contributed by atoms with Crippen LogP contribution in [0.5, 0.6) is 0 Å². The standard InChI is InChI=1S/C27H28Cl3N3O4S/c1-3-16-31-27(35)19(2)32(17-23-24(29)10-7-11-25(23)30)26(34)18-33(21-8-5-4-6-9-21)38(36,37)22-14-12-20(28)13-15-22/h4-15,19H,3,16-18H2,1-2H3,(H,31,35)/t19-/m1/s1. The second-order valence-corrected chi connectivity index (χ2v) is 11.6. The van der Waals surface area contributed by atoms with E-state index in [-0.39, 0.29) is 23.0 Å². The van der Waals surface area contributed by atoms with Gasteiger partial charge >= 0.3 is 0 Å². The van der Waals surface area contributed by atoms with Crippen molar-refractivity contribution in [3.63, 3.8) is 0 Å². The first kappa shape index (κ1) is 29.8. The Labute approximate surface area is 238 Å². The number of carbonyl (C=O) groups is 2. The molecule has 0 heterocycles. The number of hydrogen-bond acceptors (Lipinski definition) is 4. The van der Waals surface area contributed by atoms with Crippen LogP contribution in [0.3, 0.4) is 0 Å². The van der Waals surface area contributed by atoms with Crippen molar-refractivity contribution in [3.8, 4) is 0 Å². The summed E-state index contributed by atoms with van der Waals surface area (Å²) in [5, 5.41) is 3.81. The third kappa shape index (κ3) is 7.20. The Morgan fingerprint density at radius 2 is 1.50 bits per heavy atom. The van der Waals surface area contributed by atoms with Crippen molar-refractivity contribution >= 4 is 62.3 Å². The molecule has 0 bridgehead atoms. The van der Waals surface area contributed by atoms with Crippen molar-refractivity contribution < 1.29 is 18.0 Å². The highest BCUT2D eigenvalue weighted by atomic mass is 35.5. The lowest BCUT2D eigenvalue weighted by Crippen LogP contribution is -2.51. The van der Waals surface area contributed by atoms with Crippen LogP contribution < -0.4 is 9.62 Å². The number of nitrogens with zero attached hydrogens (tertiary/aromatic N) is 2. The molecule has 1 atom stereocenters. The molecule has 0 fully saturated rings. The van der Waals surface area contributed by atoms with Crippen LogP contribution in [0.2, 0.25) is 15.1 Å². The molecule has 0 aliphatic heterocycles. The molecule has 0 spiro atoms. The van der Waals surface area contributed by atoms with Crippen LogP contribution >= 0.6 is 34.8 Å². The van der Waals surface area contributed by atoms with Gasteiger partial charge in [0.15, 0.2) is 0 Å². The average molecular weight is 597 g/mol. The summed E-state index contributed by atoms with van der Waals surface area (Å²) in [7, 11) is -4.17.